The Morgan fingerprint density at radius 1 is 1.25 bits per heavy atom. The zero-order valence-corrected chi connectivity index (χ0v) is 19.2. The molecule has 2 aromatic rings. The van der Waals surface area contributed by atoms with Gasteiger partial charge in [-0.1, -0.05) is 23.7 Å². The largest absolute Gasteiger partial charge is 0.479 e. The highest BCUT2D eigenvalue weighted by molar-refractivity contribution is 8.00. The van der Waals surface area contributed by atoms with Gasteiger partial charge in [0.1, 0.15) is 17.0 Å². The van der Waals surface area contributed by atoms with Crippen molar-refractivity contribution in [3.63, 3.8) is 0 Å². The Morgan fingerprint density at radius 3 is 2.66 bits per heavy atom. The lowest BCUT2D eigenvalue weighted by molar-refractivity contribution is 0.0611. The predicted molar refractivity (Wildman–Crippen MR) is 120 cm³/mol. The summed E-state index contributed by atoms with van der Waals surface area (Å²) >= 11 is 7.22. The maximum Gasteiger partial charge on any atom is 0.412 e. The van der Waals surface area contributed by atoms with Gasteiger partial charge in [-0.2, -0.15) is 4.98 Å². The summed E-state index contributed by atoms with van der Waals surface area (Å²) in [5.74, 6) is 0.184. The highest BCUT2D eigenvalue weighted by Gasteiger charge is 2.41. The maximum atomic E-state index is 12.8. The van der Waals surface area contributed by atoms with Crippen LogP contribution in [0.5, 0.6) is 5.88 Å². The van der Waals surface area contributed by atoms with Gasteiger partial charge in [0, 0.05) is 37.2 Å². The molecule has 0 radical (unpaired) electrons. The second-order valence-corrected chi connectivity index (χ2v) is 8.77. The summed E-state index contributed by atoms with van der Waals surface area (Å²) in [7, 11) is 1.43. The molecule has 2 aliphatic heterocycles. The molecule has 32 heavy (non-hydrogen) atoms. The van der Waals surface area contributed by atoms with Crippen molar-refractivity contribution in [2.24, 2.45) is 5.73 Å². The molecule has 3 heterocycles. The number of carbonyl (C=O) groups is 2. The van der Waals surface area contributed by atoms with E-state index < -0.39 is 17.7 Å². The van der Waals surface area contributed by atoms with Crippen LogP contribution in [-0.4, -0.2) is 70.7 Å². The smallest absolute Gasteiger partial charge is 0.412 e. The number of benzene rings is 1. The SMILES string of the molecule is COc1ncnc2c1N(C(N)=O)C(OC(=O)N1CCN(C(C)c3cccc(Cl)c3)CC1)S2. The molecule has 2 unspecified atom stereocenters. The number of carbonyl (C=O) groups excluding carboxylic acids is 2. The first-order chi connectivity index (χ1) is 15.4. The highest BCUT2D eigenvalue weighted by Crippen LogP contribution is 2.46. The number of primary amides is 1. The van der Waals surface area contributed by atoms with Gasteiger partial charge in [0.2, 0.25) is 11.4 Å². The van der Waals surface area contributed by atoms with Crippen LogP contribution in [0, 0.1) is 0 Å². The molecular weight excluding hydrogens is 456 g/mol. The van der Waals surface area contributed by atoms with Gasteiger partial charge in [-0.15, -0.1) is 0 Å². The Kier molecular flexibility index (Phi) is 6.58. The zero-order valence-electron chi connectivity index (χ0n) is 17.6. The molecule has 0 spiro atoms. The van der Waals surface area contributed by atoms with E-state index in [0.717, 1.165) is 22.2 Å². The second-order valence-electron chi connectivity index (χ2n) is 7.31. The number of rotatable bonds is 4. The second kappa shape index (κ2) is 9.39. The topological polar surface area (TPSA) is 114 Å². The minimum absolute atomic E-state index is 0.170. The predicted octanol–water partition coefficient (Wildman–Crippen LogP) is 2.93. The van der Waals surface area contributed by atoms with E-state index in [9.17, 15) is 9.59 Å². The number of halogens is 1. The quantitative estimate of drug-likeness (QED) is 0.667. The van der Waals surface area contributed by atoms with Crippen LogP contribution < -0.4 is 15.4 Å². The Labute approximate surface area is 194 Å². The summed E-state index contributed by atoms with van der Waals surface area (Å²) in [5.41, 5.74) is 5.98. The van der Waals surface area contributed by atoms with Crippen LogP contribution in [0.15, 0.2) is 35.6 Å². The lowest BCUT2D eigenvalue weighted by Gasteiger charge is -2.38. The molecule has 10 nitrogen and oxygen atoms in total. The number of methoxy groups -OCH3 is 1. The van der Waals surface area contributed by atoms with Crippen LogP contribution in [0.1, 0.15) is 18.5 Å². The van der Waals surface area contributed by atoms with E-state index in [1.807, 2.05) is 24.3 Å². The lowest BCUT2D eigenvalue weighted by Crippen LogP contribution is -2.51. The maximum absolute atomic E-state index is 12.8. The average molecular weight is 479 g/mol. The van der Waals surface area contributed by atoms with Crippen LogP contribution in [0.4, 0.5) is 15.3 Å². The molecule has 0 saturated carbocycles. The third kappa shape index (κ3) is 4.41. The fourth-order valence-corrected chi connectivity index (χ4v) is 5.00. The summed E-state index contributed by atoms with van der Waals surface area (Å²) in [5, 5.41) is 1.15. The van der Waals surface area contributed by atoms with E-state index in [2.05, 4.69) is 21.8 Å². The van der Waals surface area contributed by atoms with Crippen molar-refractivity contribution in [3.8, 4) is 5.88 Å². The van der Waals surface area contributed by atoms with Gasteiger partial charge in [0.15, 0.2) is 0 Å². The van der Waals surface area contributed by atoms with Crippen LogP contribution in [0.3, 0.4) is 0 Å². The normalized spacial score (nSPS) is 19.4. The molecule has 0 bridgehead atoms. The number of hydrogen-bond acceptors (Lipinski definition) is 8. The number of anilines is 1. The van der Waals surface area contributed by atoms with Crippen molar-refractivity contribution < 1.29 is 19.1 Å². The minimum Gasteiger partial charge on any atom is -0.479 e. The summed E-state index contributed by atoms with van der Waals surface area (Å²) in [4.78, 5) is 38.1. The number of nitrogens with two attached hydrogens (primary N) is 1. The Balaban J connectivity index is 1.38. The van der Waals surface area contributed by atoms with Crippen LogP contribution in [0.25, 0.3) is 0 Å². The molecule has 170 valence electrons. The van der Waals surface area contributed by atoms with Crippen molar-refractivity contribution in [2.75, 3.05) is 38.2 Å². The molecule has 12 heteroatoms. The average Bonchev–Trinajstić information content (AvgIpc) is 3.16. The molecular formula is C20H23ClN6O4S. The van der Waals surface area contributed by atoms with Gasteiger partial charge in [-0.05, 0) is 36.4 Å². The number of ether oxygens (including phenoxy) is 2. The van der Waals surface area contributed by atoms with E-state index >= 15 is 0 Å². The highest BCUT2D eigenvalue weighted by atomic mass is 35.5. The van der Waals surface area contributed by atoms with E-state index in [-0.39, 0.29) is 11.9 Å². The van der Waals surface area contributed by atoms with E-state index in [0.29, 0.717) is 41.9 Å². The first-order valence-electron chi connectivity index (χ1n) is 9.98. The van der Waals surface area contributed by atoms with Crippen LogP contribution in [0.2, 0.25) is 5.02 Å². The third-order valence-corrected chi connectivity index (χ3v) is 6.77. The molecule has 3 amide bonds. The summed E-state index contributed by atoms with van der Waals surface area (Å²) < 4.78 is 10.8. The third-order valence-electron chi connectivity index (χ3n) is 5.50. The number of thioether (sulfide) groups is 1. The number of fused-ring (bicyclic) bond motifs is 1. The fourth-order valence-electron chi connectivity index (χ4n) is 3.76. The molecule has 1 aromatic carbocycles. The van der Waals surface area contributed by atoms with Gasteiger partial charge in [-0.3, -0.25) is 4.90 Å². The first kappa shape index (κ1) is 22.4. The molecule has 1 saturated heterocycles. The van der Waals surface area contributed by atoms with Gasteiger partial charge >= 0.3 is 12.1 Å². The van der Waals surface area contributed by atoms with E-state index in [1.165, 1.54) is 13.4 Å². The zero-order chi connectivity index (χ0) is 22.8. The molecule has 1 aromatic heterocycles. The summed E-state index contributed by atoms with van der Waals surface area (Å²) in [6, 6.07) is 7.16. The number of urea groups is 1. The minimum atomic E-state index is -0.982. The van der Waals surface area contributed by atoms with Gasteiger partial charge in [-0.25, -0.2) is 19.5 Å². The number of hydrogen-bond donors (Lipinski definition) is 1. The molecule has 2 atom stereocenters. The Hall–Kier alpha value is -2.76. The van der Waals surface area contributed by atoms with Crippen molar-refractivity contribution in [3.05, 3.63) is 41.2 Å². The van der Waals surface area contributed by atoms with Gasteiger partial charge in [0.05, 0.1) is 7.11 Å². The van der Waals surface area contributed by atoms with Crippen LogP contribution >= 0.6 is 23.4 Å². The Morgan fingerprint density at radius 2 is 2.00 bits per heavy atom. The fraction of sp³-hybridized carbons (Fsp3) is 0.400. The summed E-state index contributed by atoms with van der Waals surface area (Å²) in [6.45, 7) is 4.46. The van der Waals surface area contributed by atoms with Crippen LogP contribution in [-0.2, 0) is 4.74 Å². The molecule has 1 fully saturated rings. The van der Waals surface area contributed by atoms with Crippen molar-refractivity contribution in [1.29, 1.82) is 0 Å². The molecule has 2 N–H and O–H groups in total. The molecule has 2 aliphatic rings. The van der Waals surface area contributed by atoms with Gasteiger partial charge < -0.3 is 20.1 Å². The van der Waals surface area contributed by atoms with E-state index in [1.54, 1.807) is 4.90 Å². The number of piperazine rings is 1. The number of amides is 3. The number of aromatic nitrogens is 2. The van der Waals surface area contributed by atoms with Crippen molar-refractivity contribution in [2.45, 2.75) is 23.6 Å². The first-order valence-corrected chi connectivity index (χ1v) is 11.2. The lowest BCUT2D eigenvalue weighted by atomic mass is 10.1. The van der Waals surface area contributed by atoms with Crippen molar-refractivity contribution >= 4 is 41.2 Å². The van der Waals surface area contributed by atoms with E-state index in [4.69, 9.17) is 26.8 Å². The standard InChI is InChI=1S/C20H23ClN6O4S/c1-12(13-4-3-5-14(21)10-13)25-6-8-26(9-7-25)19(29)31-20-27(18(22)28)15-16(30-2)23-11-24-17(15)32-20/h3-5,10-12,20H,6-9H2,1-2H3,(H2,22,28). The molecule has 4 rings (SSSR count). The Bertz CT molecular complexity index is 1020. The van der Waals surface area contributed by atoms with Gasteiger partial charge in [0.25, 0.3) is 0 Å². The van der Waals surface area contributed by atoms with Crippen molar-refractivity contribution in [1.82, 2.24) is 19.8 Å². The number of nitrogens with zero attached hydrogens (tertiary/aromatic N) is 5. The monoisotopic (exact) mass is 478 g/mol. The summed E-state index contributed by atoms with van der Waals surface area (Å²) in [6.07, 6.45) is 0.789. The molecule has 0 aliphatic carbocycles.